The van der Waals surface area contributed by atoms with Crippen molar-refractivity contribution in [1.29, 1.82) is 0 Å². The van der Waals surface area contributed by atoms with E-state index in [0.29, 0.717) is 17.3 Å². The first kappa shape index (κ1) is 14.7. The van der Waals surface area contributed by atoms with E-state index in [-0.39, 0.29) is 23.6 Å². The lowest BCUT2D eigenvalue weighted by molar-refractivity contribution is -0.120. The zero-order valence-corrected chi connectivity index (χ0v) is 13.4. The monoisotopic (exact) mass is 329 g/mol. The summed E-state index contributed by atoms with van der Waals surface area (Å²) in [5, 5.41) is 0.707. The van der Waals surface area contributed by atoms with Crippen molar-refractivity contribution in [1.82, 2.24) is 0 Å². The number of amides is 1. The van der Waals surface area contributed by atoms with E-state index in [1.54, 1.807) is 11.0 Å². The summed E-state index contributed by atoms with van der Waals surface area (Å²) in [6.07, 6.45) is 2.50. The summed E-state index contributed by atoms with van der Waals surface area (Å²) >= 11 is 6.24. The molecule has 2 atom stereocenters. The van der Waals surface area contributed by atoms with Crippen LogP contribution in [0.15, 0.2) is 42.5 Å². The average molecular weight is 330 g/mol. The summed E-state index contributed by atoms with van der Waals surface area (Å²) in [6.45, 7) is 0.596. The van der Waals surface area contributed by atoms with Crippen LogP contribution in [0.2, 0.25) is 5.02 Å². The lowest BCUT2D eigenvalue weighted by Crippen LogP contribution is -2.37. The van der Waals surface area contributed by atoms with Gasteiger partial charge in [0.1, 0.15) is 5.82 Å². The van der Waals surface area contributed by atoms with Crippen molar-refractivity contribution in [2.24, 2.45) is 5.92 Å². The lowest BCUT2D eigenvalue weighted by Gasteiger charge is -2.30. The van der Waals surface area contributed by atoms with E-state index in [9.17, 15) is 9.18 Å². The molecule has 0 N–H and O–H groups in total. The molecule has 2 aromatic carbocycles. The molecule has 1 aliphatic heterocycles. The lowest BCUT2D eigenvalue weighted by atomic mass is 10.0. The van der Waals surface area contributed by atoms with Crippen molar-refractivity contribution in [2.45, 2.75) is 25.2 Å². The maximum absolute atomic E-state index is 14.2. The fourth-order valence-corrected chi connectivity index (χ4v) is 3.89. The van der Waals surface area contributed by atoms with Crippen LogP contribution in [-0.4, -0.2) is 12.5 Å². The zero-order valence-electron chi connectivity index (χ0n) is 12.6. The number of fused-ring (bicyclic) bond motifs is 1. The van der Waals surface area contributed by atoms with Crippen molar-refractivity contribution in [3.63, 3.8) is 0 Å². The van der Waals surface area contributed by atoms with Crippen LogP contribution in [0.5, 0.6) is 0 Å². The van der Waals surface area contributed by atoms with E-state index in [4.69, 9.17) is 11.6 Å². The molecular formula is C19H17ClFNO. The first-order valence-corrected chi connectivity index (χ1v) is 8.38. The van der Waals surface area contributed by atoms with Gasteiger partial charge in [0, 0.05) is 17.5 Å². The molecule has 1 amide bonds. The van der Waals surface area contributed by atoms with Crippen LogP contribution in [0.1, 0.15) is 29.9 Å². The summed E-state index contributed by atoms with van der Waals surface area (Å²) in [7, 11) is 0. The van der Waals surface area contributed by atoms with Crippen LogP contribution in [-0.2, 0) is 11.2 Å². The topological polar surface area (TPSA) is 20.3 Å². The third-order valence-electron chi connectivity index (χ3n) is 4.85. The number of hydrogen-bond acceptors (Lipinski definition) is 1. The first-order chi connectivity index (χ1) is 11.2. The minimum atomic E-state index is -0.300. The van der Waals surface area contributed by atoms with Gasteiger partial charge in [-0.05, 0) is 48.4 Å². The molecule has 0 radical (unpaired) electrons. The Kier molecular flexibility index (Phi) is 3.61. The van der Waals surface area contributed by atoms with Crippen LogP contribution in [0.4, 0.5) is 10.1 Å². The second-order valence-electron chi connectivity index (χ2n) is 6.31. The van der Waals surface area contributed by atoms with Crippen LogP contribution < -0.4 is 4.90 Å². The molecule has 2 aromatic rings. The van der Waals surface area contributed by atoms with Gasteiger partial charge in [-0.15, -0.1) is 0 Å². The number of rotatable bonds is 2. The Morgan fingerprint density at radius 1 is 1.17 bits per heavy atom. The number of para-hydroxylation sites is 1. The number of anilines is 1. The normalized spacial score (nSPS) is 22.6. The second kappa shape index (κ2) is 5.64. The third-order valence-corrected chi connectivity index (χ3v) is 5.19. The average Bonchev–Trinajstić information content (AvgIpc) is 3.35. The van der Waals surface area contributed by atoms with Gasteiger partial charge in [-0.3, -0.25) is 4.79 Å². The van der Waals surface area contributed by atoms with E-state index in [1.807, 2.05) is 30.3 Å². The Morgan fingerprint density at radius 3 is 2.83 bits per heavy atom. The van der Waals surface area contributed by atoms with E-state index in [0.717, 1.165) is 30.4 Å². The minimum Gasteiger partial charge on any atom is -0.309 e. The SMILES string of the molecule is O=C(C1CC1c1ccccc1Cl)N1CCCc2cccc(F)c21. The molecule has 0 aromatic heterocycles. The molecule has 1 aliphatic carbocycles. The van der Waals surface area contributed by atoms with Gasteiger partial charge in [0.25, 0.3) is 0 Å². The fraction of sp³-hybridized carbons (Fsp3) is 0.316. The molecular weight excluding hydrogens is 313 g/mol. The van der Waals surface area contributed by atoms with E-state index in [1.165, 1.54) is 6.07 Å². The molecule has 0 spiro atoms. The van der Waals surface area contributed by atoms with Gasteiger partial charge < -0.3 is 4.90 Å². The molecule has 2 nitrogen and oxygen atoms in total. The molecule has 1 fully saturated rings. The van der Waals surface area contributed by atoms with Crippen LogP contribution in [0, 0.1) is 11.7 Å². The van der Waals surface area contributed by atoms with Crippen LogP contribution >= 0.6 is 11.6 Å². The molecule has 0 saturated heterocycles. The van der Waals surface area contributed by atoms with Gasteiger partial charge in [-0.1, -0.05) is 41.9 Å². The third kappa shape index (κ3) is 2.53. The molecule has 2 aliphatic rings. The van der Waals surface area contributed by atoms with Crippen molar-refractivity contribution in [2.75, 3.05) is 11.4 Å². The van der Waals surface area contributed by atoms with E-state index in [2.05, 4.69) is 0 Å². The fourth-order valence-electron chi connectivity index (χ4n) is 3.61. The highest BCUT2D eigenvalue weighted by Gasteiger charge is 2.47. The second-order valence-corrected chi connectivity index (χ2v) is 6.72. The Bertz CT molecular complexity index is 776. The number of aryl methyl sites for hydroxylation is 1. The summed E-state index contributed by atoms with van der Waals surface area (Å²) in [5.41, 5.74) is 2.44. The number of hydrogen-bond donors (Lipinski definition) is 0. The Morgan fingerprint density at radius 2 is 2.00 bits per heavy atom. The molecule has 1 heterocycles. The van der Waals surface area contributed by atoms with Crippen molar-refractivity contribution in [3.05, 3.63) is 64.4 Å². The highest BCUT2D eigenvalue weighted by molar-refractivity contribution is 6.31. The molecule has 4 heteroatoms. The Labute approximate surface area is 139 Å². The number of nitrogens with zero attached hydrogens (tertiary/aromatic N) is 1. The van der Waals surface area contributed by atoms with Gasteiger partial charge >= 0.3 is 0 Å². The molecule has 2 unspecified atom stereocenters. The predicted octanol–water partition coefficient (Wildman–Crippen LogP) is 4.56. The number of carbonyl (C=O) groups excluding carboxylic acids is 1. The van der Waals surface area contributed by atoms with E-state index >= 15 is 0 Å². The quantitative estimate of drug-likeness (QED) is 0.790. The van der Waals surface area contributed by atoms with Crippen LogP contribution in [0.25, 0.3) is 0 Å². The van der Waals surface area contributed by atoms with Crippen molar-refractivity contribution in [3.8, 4) is 0 Å². The van der Waals surface area contributed by atoms with Crippen molar-refractivity contribution < 1.29 is 9.18 Å². The number of benzene rings is 2. The highest BCUT2D eigenvalue weighted by Crippen LogP contribution is 2.51. The zero-order chi connectivity index (χ0) is 16.0. The predicted molar refractivity (Wildman–Crippen MR) is 89.4 cm³/mol. The minimum absolute atomic E-state index is 0.0287. The summed E-state index contributed by atoms with van der Waals surface area (Å²) < 4.78 is 14.2. The molecule has 118 valence electrons. The van der Waals surface area contributed by atoms with Crippen molar-refractivity contribution >= 4 is 23.2 Å². The maximum atomic E-state index is 14.2. The number of carbonyl (C=O) groups is 1. The first-order valence-electron chi connectivity index (χ1n) is 8.00. The maximum Gasteiger partial charge on any atom is 0.230 e. The highest BCUT2D eigenvalue weighted by atomic mass is 35.5. The van der Waals surface area contributed by atoms with Gasteiger partial charge in [-0.2, -0.15) is 0 Å². The Balaban J connectivity index is 1.60. The van der Waals surface area contributed by atoms with Gasteiger partial charge in [-0.25, -0.2) is 4.39 Å². The summed E-state index contributed by atoms with van der Waals surface area (Å²) in [6, 6.07) is 12.7. The molecule has 1 saturated carbocycles. The molecule has 4 rings (SSSR count). The van der Waals surface area contributed by atoms with Gasteiger partial charge in [0.05, 0.1) is 5.69 Å². The Hall–Kier alpha value is -1.87. The standard InChI is InChI=1S/C19H17ClFNO/c20-16-8-2-1-7-13(16)14-11-15(14)19(23)22-10-4-6-12-5-3-9-17(21)18(12)22/h1-3,5,7-9,14-15H,4,6,10-11H2. The summed E-state index contributed by atoms with van der Waals surface area (Å²) in [4.78, 5) is 14.5. The van der Waals surface area contributed by atoms with Crippen LogP contribution in [0.3, 0.4) is 0 Å². The molecule has 23 heavy (non-hydrogen) atoms. The smallest absolute Gasteiger partial charge is 0.230 e. The molecule has 0 bridgehead atoms. The summed E-state index contributed by atoms with van der Waals surface area (Å²) in [5.74, 6) is -0.194. The van der Waals surface area contributed by atoms with Gasteiger partial charge in [0.15, 0.2) is 0 Å². The largest absolute Gasteiger partial charge is 0.309 e. The number of halogens is 2. The van der Waals surface area contributed by atoms with Gasteiger partial charge in [0.2, 0.25) is 5.91 Å². The van der Waals surface area contributed by atoms with E-state index < -0.39 is 0 Å².